The van der Waals surface area contributed by atoms with Gasteiger partial charge in [0.15, 0.2) is 0 Å². The topological polar surface area (TPSA) is 55.8 Å². The van der Waals surface area contributed by atoms with E-state index < -0.39 is 6.09 Å². The minimum atomic E-state index is -0.395. The van der Waals surface area contributed by atoms with Crippen LogP contribution in [0.5, 0.6) is 5.75 Å². The number of benzene rings is 1. The molecule has 0 N–H and O–H groups in total. The van der Waals surface area contributed by atoms with Crippen LogP contribution in [0, 0.1) is 0 Å². The van der Waals surface area contributed by atoms with E-state index in [0.29, 0.717) is 31.0 Å². The Morgan fingerprint density at radius 2 is 1.63 bits per heavy atom. The van der Waals surface area contributed by atoms with Crippen molar-refractivity contribution >= 4 is 12.1 Å². The largest absolute Gasteiger partial charge is 0.462 e. The van der Waals surface area contributed by atoms with Gasteiger partial charge in [0.05, 0.1) is 12.2 Å². The molecule has 0 aliphatic rings. The van der Waals surface area contributed by atoms with E-state index >= 15 is 0 Å². The zero-order valence-electron chi connectivity index (χ0n) is 11.5. The van der Waals surface area contributed by atoms with Crippen LogP contribution in [0.3, 0.4) is 0 Å². The summed E-state index contributed by atoms with van der Waals surface area (Å²) >= 11 is 0. The summed E-state index contributed by atoms with van der Waals surface area (Å²) < 4.78 is 10.1. The lowest BCUT2D eigenvalue weighted by Gasteiger charge is -2.17. The normalized spacial score (nSPS) is 9.84. The van der Waals surface area contributed by atoms with Gasteiger partial charge in [-0.3, -0.25) is 0 Å². The molecule has 0 aromatic heterocycles. The van der Waals surface area contributed by atoms with E-state index in [9.17, 15) is 9.59 Å². The Morgan fingerprint density at radius 3 is 2.11 bits per heavy atom. The lowest BCUT2D eigenvalue weighted by Crippen LogP contribution is -2.33. The summed E-state index contributed by atoms with van der Waals surface area (Å²) in [4.78, 5) is 24.7. The fourth-order valence-electron chi connectivity index (χ4n) is 1.52. The van der Waals surface area contributed by atoms with E-state index in [0.717, 1.165) is 0 Å². The number of ether oxygens (including phenoxy) is 2. The average Bonchev–Trinajstić information content (AvgIpc) is 2.41. The third-order valence-electron chi connectivity index (χ3n) is 2.59. The minimum Gasteiger partial charge on any atom is -0.462 e. The molecule has 104 valence electrons. The van der Waals surface area contributed by atoms with Crippen LogP contribution in [-0.4, -0.2) is 36.7 Å². The second kappa shape index (κ2) is 7.41. The van der Waals surface area contributed by atoms with Crippen LogP contribution in [0.1, 0.15) is 31.1 Å². The highest BCUT2D eigenvalue weighted by atomic mass is 16.6. The van der Waals surface area contributed by atoms with Crippen LogP contribution in [0.25, 0.3) is 0 Å². The molecule has 0 bridgehead atoms. The van der Waals surface area contributed by atoms with Crippen LogP contribution < -0.4 is 4.74 Å². The Labute approximate surface area is 113 Å². The van der Waals surface area contributed by atoms with Gasteiger partial charge in [-0.05, 0) is 45.0 Å². The number of carbonyl (C=O) groups excluding carboxylic acids is 2. The molecule has 1 aromatic carbocycles. The van der Waals surface area contributed by atoms with Gasteiger partial charge < -0.3 is 14.4 Å². The predicted molar refractivity (Wildman–Crippen MR) is 71.3 cm³/mol. The highest BCUT2D eigenvalue weighted by molar-refractivity contribution is 5.89. The van der Waals surface area contributed by atoms with E-state index in [1.54, 1.807) is 36.1 Å². The predicted octanol–water partition coefficient (Wildman–Crippen LogP) is 2.70. The summed E-state index contributed by atoms with van der Waals surface area (Å²) in [6.07, 6.45) is -0.395. The highest BCUT2D eigenvalue weighted by Crippen LogP contribution is 2.14. The average molecular weight is 265 g/mol. The number of hydrogen-bond donors (Lipinski definition) is 0. The van der Waals surface area contributed by atoms with Crippen molar-refractivity contribution in [1.29, 1.82) is 0 Å². The van der Waals surface area contributed by atoms with Gasteiger partial charge in [-0.1, -0.05) is 0 Å². The van der Waals surface area contributed by atoms with Crippen LogP contribution in [0.2, 0.25) is 0 Å². The van der Waals surface area contributed by atoms with Gasteiger partial charge in [-0.15, -0.1) is 0 Å². The van der Waals surface area contributed by atoms with Gasteiger partial charge in [-0.25, -0.2) is 9.59 Å². The van der Waals surface area contributed by atoms with Crippen LogP contribution in [-0.2, 0) is 4.74 Å². The number of amides is 1. The molecular formula is C14H19NO4. The van der Waals surface area contributed by atoms with Crippen molar-refractivity contribution in [3.63, 3.8) is 0 Å². The standard InChI is InChI=1S/C14H19NO4/c1-4-15(5-2)14(17)19-12-9-7-11(8-10-12)13(16)18-6-3/h7-10H,4-6H2,1-3H3. The number of hydrogen-bond acceptors (Lipinski definition) is 4. The van der Waals surface area contributed by atoms with Gasteiger partial charge in [0.1, 0.15) is 5.75 Å². The molecule has 1 amide bonds. The second-order valence-corrected chi connectivity index (χ2v) is 3.79. The fourth-order valence-corrected chi connectivity index (χ4v) is 1.52. The van der Waals surface area contributed by atoms with Crippen LogP contribution in [0.4, 0.5) is 4.79 Å². The maximum absolute atomic E-state index is 11.7. The second-order valence-electron chi connectivity index (χ2n) is 3.79. The number of esters is 1. The van der Waals surface area contributed by atoms with Crippen molar-refractivity contribution in [1.82, 2.24) is 4.90 Å². The van der Waals surface area contributed by atoms with Crippen molar-refractivity contribution in [2.24, 2.45) is 0 Å². The molecule has 5 heteroatoms. The van der Waals surface area contributed by atoms with Crippen molar-refractivity contribution in [2.45, 2.75) is 20.8 Å². The van der Waals surface area contributed by atoms with Gasteiger partial charge in [0.25, 0.3) is 0 Å². The lowest BCUT2D eigenvalue weighted by atomic mass is 10.2. The van der Waals surface area contributed by atoms with E-state index in [1.165, 1.54) is 0 Å². The first-order valence-electron chi connectivity index (χ1n) is 6.36. The minimum absolute atomic E-state index is 0.331. The Bertz CT molecular complexity index is 424. The molecular weight excluding hydrogens is 246 g/mol. The van der Waals surface area contributed by atoms with Gasteiger partial charge in [0.2, 0.25) is 0 Å². The third-order valence-corrected chi connectivity index (χ3v) is 2.59. The third kappa shape index (κ3) is 4.28. The Hall–Kier alpha value is -2.04. The molecule has 0 aliphatic carbocycles. The maximum atomic E-state index is 11.7. The Morgan fingerprint density at radius 1 is 1.05 bits per heavy atom. The Kier molecular flexibility index (Phi) is 5.85. The zero-order valence-corrected chi connectivity index (χ0v) is 11.5. The monoisotopic (exact) mass is 265 g/mol. The van der Waals surface area contributed by atoms with Crippen molar-refractivity contribution in [3.05, 3.63) is 29.8 Å². The maximum Gasteiger partial charge on any atom is 0.415 e. The van der Waals surface area contributed by atoms with Crippen molar-refractivity contribution in [2.75, 3.05) is 19.7 Å². The summed E-state index contributed by atoms with van der Waals surface area (Å²) in [7, 11) is 0. The molecule has 0 aliphatic heterocycles. The SMILES string of the molecule is CCOC(=O)c1ccc(OC(=O)N(CC)CC)cc1. The summed E-state index contributed by atoms with van der Waals surface area (Å²) in [6.45, 7) is 7.03. The van der Waals surface area contributed by atoms with Crippen molar-refractivity contribution < 1.29 is 19.1 Å². The molecule has 0 unspecified atom stereocenters. The smallest absolute Gasteiger partial charge is 0.415 e. The highest BCUT2D eigenvalue weighted by Gasteiger charge is 2.12. The quantitative estimate of drug-likeness (QED) is 0.768. The van der Waals surface area contributed by atoms with Crippen LogP contribution >= 0.6 is 0 Å². The number of carbonyl (C=O) groups is 2. The lowest BCUT2D eigenvalue weighted by molar-refractivity contribution is 0.0526. The zero-order chi connectivity index (χ0) is 14.3. The van der Waals surface area contributed by atoms with E-state index in [4.69, 9.17) is 9.47 Å². The summed E-state index contributed by atoms with van der Waals surface area (Å²) in [5.41, 5.74) is 0.435. The molecule has 0 atom stereocenters. The summed E-state index contributed by atoms with van der Waals surface area (Å²) in [6, 6.07) is 6.30. The summed E-state index contributed by atoms with van der Waals surface area (Å²) in [5, 5.41) is 0. The van der Waals surface area contributed by atoms with Crippen LogP contribution in [0.15, 0.2) is 24.3 Å². The van der Waals surface area contributed by atoms with E-state index in [-0.39, 0.29) is 5.97 Å². The van der Waals surface area contributed by atoms with Gasteiger partial charge in [-0.2, -0.15) is 0 Å². The molecule has 1 aromatic rings. The molecule has 0 heterocycles. The molecule has 0 spiro atoms. The first-order chi connectivity index (χ1) is 9.12. The fraction of sp³-hybridized carbons (Fsp3) is 0.429. The Balaban J connectivity index is 2.66. The van der Waals surface area contributed by atoms with E-state index in [2.05, 4.69) is 0 Å². The number of rotatable bonds is 5. The van der Waals surface area contributed by atoms with Crippen molar-refractivity contribution in [3.8, 4) is 5.75 Å². The first kappa shape index (κ1) is 15.0. The van der Waals surface area contributed by atoms with Gasteiger partial charge in [0, 0.05) is 13.1 Å². The molecule has 0 radical (unpaired) electrons. The summed E-state index contributed by atoms with van der Waals surface area (Å²) in [5.74, 6) is 0.0223. The first-order valence-corrected chi connectivity index (χ1v) is 6.36. The molecule has 0 fully saturated rings. The molecule has 19 heavy (non-hydrogen) atoms. The molecule has 0 saturated heterocycles. The number of nitrogens with zero attached hydrogens (tertiary/aromatic N) is 1. The van der Waals surface area contributed by atoms with E-state index in [1.807, 2.05) is 13.8 Å². The molecule has 0 saturated carbocycles. The molecule has 1 rings (SSSR count). The van der Waals surface area contributed by atoms with Gasteiger partial charge >= 0.3 is 12.1 Å². The molecule has 5 nitrogen and oxygen atoms in total.